The molecule has 2 rings (SSSR count). The summed E-state index contributed by atoms with van der Waals surface area (Å²) in [6.07, 6.45) is 3.40. The number of hydrogen-bond donors (Lipinski definition) is 1. The van der Waals surface area contributed by atoms with Crippen LogP contribution in [0.5, 0.6) is 0 Å². The van der Waals surface area contributed by atoms with E-state index in [0.29, 0.717) is 6.04 Å². The first kappa shape index (κ1) is 11.5. The van der Waals surface area contributed by atoms with Crippen LogP contribution in [-0.4, -0.2) is 17.8 Å². The highest BCUT2D eigenvalue weighted by atomic mass is 32.2. The number of nitrogens with one attached hydrogen (secondary N) is 1. The first-order valence-corrected chi connectivity index (χ1v) is 6.70. The first-order chi connectivity index (χ1) is 7.88. The van der Waals surface area contributed by atoms with Crippen LogP contribution in [0.3, 0.4) is 0 Å². The molecule has 1 aliphatic rings. The molecule has 0 aliphatic heterocycles. The third-order valence-corrected chi connectivity index (χ3v) is 3.63. The predicted molar refractivity (Wildman–Crippen MR) is 67.3 cm³/mol. The van der Waals surface area contributed by atoms with Crippen LogP contribution >= 0.6 is 11.8 Å². The van der Waals surface area contributed by atoms with Gasteiger partial charge in [-0.3, -0.25) is 5.32 Å². The van der Waals surface area contributed by atoms with Gasteiger partial charge < -0.3 is 0 Å². The van der Waals surface area contributed by atoms with Gasteiger partial charge in [0, 0.05) is 16.7 Å². The second-order valence-corrected chi connectivity index (χ2v) is 5.24. The van der Waals surface area contributed by atoms with Gasteiger partial charge in [-0.1, -0.05) is 18.2 Å². The van der Waals surface area contributed by atoms with Crippen LogP contribution in [0.1, 0.15) is 19.3 Å². The van der Waals surface area contributed by atoms with E-state index in [1.54, 1.807) is 0 Å². The molecule has 1 fully saturated rings. The molecule has 1 atom stereocenters. The number of benzene rings is 1. The minimum Gasteiger partial charge on any atom is -0.299 e. The molecule has 0 heterocycles. The summed E-state index contributed by atoms with van der Waals surface area (Å²) in [4.78, 5) is 1.28. The molecule has 1 N–H and O–H groups in total. The molecule has 0 radical (unpaired) electrons. The summed E-state index contributed by atoms with van der Waals surface area (Å²) in [5.41, 5.74) is 0. The molecule has 2 nitrogen and oxygen atoms in total. The maximum atomic E-state index is 8.98. The van der Waals surface area contributed by atoms with Crippen molar-refractivity contribution in [2.24, 2.45) is 0 Å². The molecule has 0 amide bonds. The Balaban J connectivity index is 1.68. The minimum absolute atomic E-state index is 0.0312. The van der Waals surface area contributed by atoms with Crippen LogP contribution in [-0.2, 0) is 0 Å². The third kappa shape index (κ3) is 3.88. The van der Waals surface area contributed by atoms with Crippen molar-refractivity contribution >= 4 is 11.8 Å². The molecule has 1 aromatic rings. The van der Waals surface area contributed by atoms with Gasteiger partial charge in [0.1, 0.15) is 0 Å². The summed E-state index contributed by atoms with van der Waals surface area (Å²) in [5, 5.41) is 12.3. The quantitative estimate of drug-likeness (QED) is 0.766. The zero-order valence-corrected chi connectivity index (χ0v) is 10.0. The lowest BCUT2D eigenvalue weighted by Gasteiger charge is -2.09. The van der Waals surface area contributed by atoms with E-state index in [1.165, 1.54) is 17.7 Å². The van der Waals surface area contributed by atoms with E-state index < -0.39 is 0 Å². The summed E-state index contributed by atoms with van der Waals surface area (Å²) in [7, 11) is 0. The Morgan fingerprint density at radius 2 is 2.12 bits per heavy atom. The van der Waals surface area contributed by atoms with Gasteiger partial charge >= 0.3 is 0 Å². The Bertz CT molecular complexity index is 354. The van der Waals surface area contributed by atoms with E-state index in [-0.39, 0.29) is 6.04 Å². The Kier molecular flexibility index (Phi) is 4.26. The van der Waals surface area contributed by atoms with Crippen molar-refractivity contribution < 1.29 is 0 Å². The van der Waals surface area contributed by atoms with Crippen molar-refractivity contribution in [3.05, 3.63) is 30.3 Å². The highest BCUT2D eigenvalue weighted by Gasteiger charge is 2.24. The zero-order chi connectivity index (χ0) is 11.2. The first-order valence-electron chi connectivity index (χ1n) is 5.72. The second-order valence-electron chi connectivity index (χ2n) is 4.07. The van der Waals surface area contributed by atoms with E-state index in [0.717, 1.165) is 12.2 Å². The maximum absolute atomic E-state index is 8.98. The van der Waals surface area contributed by atoms with Gasteiger partial charge in [0.2, 0.25) is 0 Å². The fourth-order valence-electron chi connectivity index (χ4n) is 1.53. The van der Waals surface area contributed by atoms with E-state index in [2.05, 4.69) is 23.5 Å². The van der Waals surface area contributed by atoms with Gasteiger partial charge in [-0.25, -0.2) is 0 Å². The van der Waals surface area contributed by atoms with Gasteiger partial charge in [-0.2, -0.15) is 5.26 Å². The number of hydrogen-bond acceptors (Lipinski definition) is 3. The van der Waals surface area contributed by atoms with Gasteiger partial charge in [-0.05, 0) is 31.4 Å². The molecule has 3 heteroatoms. The number of rotatable bonds is 6. The molecular weight excluding hydrogens is 216 g/mol. The molecule has 1 unspecified atom stereocenters. The standard InChI is InChI=1S/C13H16N2S/c14-10-12(15-11-6-7-11)8-9-16-13-4-2-1-3-5-13/h1-5,11-12,15H,6-9H2. The highest BCUT2D eigenvalue weighted by Crippen LogP contribution is 2.22. The lowest BCUT2D eigenvalue weighted by Crippen LogP contribution is -2.29. The molecule has 16 heavy (non-hydrogen) atoms. The summed E-state index contributed by atoms with van der Waals surface area (Å²) in [5.74, 6) is 1.00. The van der Waals surface area contributed by atoms with Crippen molar-refractivity contribution in [3.63, 3.8) is 0 Å². The summed E-state index contributed by atoms with van der Waals surface area (Å²) >= 11 is 1.82. The van der Waals surface area contributed by atoms with Crippen molar-refractivity contribution in [1.29, 1.82) is 5.26 Å². The lowest BCUT2D eigenvalue weighted by atomic mass is 10.2. The maximum Gasteiger partial charge on any atom is 0.0963 e. The lowest BCUT2D eigenvalue weighted by molar-refractivity contribution is 0.587. The van der Waals surface area contributed by atoms with Crippen LogP contribution < -0.4 is 5.32 Å². The molecule has 0 bridgehead atoms. The molecule has 0 saturated heterocycles. The smallest absolute Gasteiger partial charge is 0.0963 e. The van der Waals surface area contributed by atoms with Crippen LogP contribution in [0.2, 0.25) is 0 Å². The Morgan fingerprint density at radius 1 is 1.38 bits per heavy atom. The molecule has 84 valence electrons. The normalized spacial score (nSPS) is 16.7. The van der Waals surface area contributed by atoms with Crippen LogP contribution in [0.4, 0.5) is 0 Å². The predicted octanol–water partition coefficient (Wildman–Crippen LogP) is 2.81. The fraction of sp³-hybridized carbons (Fsp3) is 0.462. The Labute approximate surface area is 101 Å². The average molecular weight is 232 g/mol. The van der Waals surface area contributed by atoms with Crippen molar-refractivity contribution in [2.45, 2.75) is 36.2 Å². The second kappa shape index (κ2) is 5.93. The molecular formula is C13H16N2S. The number of nitriles is 1. The van der Waals surface area contributed by atoms with Gasteiger partial charge in [0.05, 0.1) is 12.1 Å². The van der Waals surface area contributed by atoms with Gasteiger partial charge in [0.25, 0.3) is 0 Å². The van der Waals surface area contributed by atoms with E-state index in [9.17, 15) is 0 Å². The summed E-state index contributed by atoms with van der Waals surface area (Å²) < 4.78 is 0. The number of thioether (sulfide) groups is 1. The van der Waals surface area contributed by atoms with Crippen molar-refractivity contribution in [3.8, 4) is 6.07 Å². The Morgan fingerprint density at radius 3 is 2.75 bits per heavy atom. The van der Waals surface area contributed by atoms with E-state index in [4.69, 9.17) is 5.26 Å². The van der Waals surface area contributed by atoms with Crippen molar-refractivity contribution in [1.82, 2.24) is 5.32 Å². The number of nitrogens with zero attached hydrogens (tertiary/aromatic N) is 1. The molecule has 0 spiro atoms. The molecule has 1 saturated carbocycles. The summed E-state index contributed by atoms with van der Waals surface area (Å²) in [6, 6.07) is 13.3. The molecule has 1 aromatic carbocycles. The van der Waals surface area contributed by atoms with Crippen molar-refractivity contribution in [2.75, 3.05) is 5.75 Å². The van der Waals surface area contributed by atoms with Gasteiger partial charge in [0.15, 0.2) is 0 Å². The largest absolute Gasteiger partial charge is 0.299 e. The average Bonchev–Trinajstić information content (AvgIpc) is 3.13. The fourth-order valence-corrected chi connectivity index (χ4v) is 2.47. The SMILES string of the molecule is N#CC(CCSc1ccccc1)NC1CC1. The van der Waals surface area contributed by atoms with E-state index >= 15 is 0 Å². The van der Waals surface area contributed by atoms with Crippen LogP contribution in [0.25, 0.3) is 0 Å². The van der Waals surface area contributed by atoms with Crippen LogP contribution in [0, 0.1) is 11.3 Å². The molecule has 1 aliphatic carbocycles. The third-order valence-electron chi connectivity index (χ3n) is 2.59. The van der Waals surface area contributed by atoms with Crippen LogP contribution in [0.15, 0.2) is 35.2 Å². The van der Waals surface area contributed by atoms with Gasteiger partial charge in [-0.15, -0.1) is 11.8 Å². The highest BCUT2D eigenvalue weighted by molar-refractivity contribution is 7.99. The monoisotopic (exact) mass is 232 g/mol. The summed E-state index contributed by atoms with van der Waals surface area (Å²) in [6.45, 7) is 0. The minimum atomic E-state index is 0.0312. The zero-order valence-electron chi connectivity index (χ0n) is 9.23. The Hall–Kier alpha value is -0.980. The van der Waals surface area contributed by atoms with E-state index in [1.807, 2.05) is 30.0 Å². The topological polar surface area (TPSA) is 35.8 Å². The molecule has 0 aromatic heterocycles.